The van der Waals surface area contributed by atoms with E-state index >= 15 is 0 Å². The molecule has 0 fully saturated rings. The summed E-state index contributed by atoms with van der Waals surface area (Å²) in [5.74, 6) is -0.601. The Kier molecular flexibility index (Phi) is 5.08. The van der Waals surface area contributed by atoms with Gasteiger partial charge in [-0.05, 0) is 38.5 Å². The van der Waals surface area contributed by atoms with Crippen LogP contribution in [0.25, 0.3) is 0 Å². The lowest BCUT2D eigenvalue weighted by Crippen LogP contribution is -2.36. The SMILES string of the molecule is CCOC(=O)C(C)(C)C(=O)Cc1ccc(Br)cc1. The second kappa shape index (κ2) is 6.14. The minimum atomic E-state index is -1.09. The first-order chi connectivity index (χ1) is 8.37. The van der Waals surface area contributed by atoms with E-state index < -0.39 is 11.4 Å². The number of hydrogen-bond donors (Lipinski definition) is 0. The Balaban J connectivity index is 2.75. The molecule has 4 heteroatoms. The van der Waals surface area contributed by atoms with Crippen molar-refractivity contribution < 1.29 is 14.3 Å². The van der Waals surface area contributed by atoms with E-state index in [1.165, 1.54) is 0 Å². The molecule has 0 atom stereocenters. The van der Waals surface area contributed by atoms with E-state index in [0.29, 0.717) is 0 Å². The third-order valence-electron chi connectivity index (χ3n) is 2.76. The van der Waals surface area contributed by atoms with Gasteiger partial charge in [0.1, 0.15) is 5.41 Å². The summed E-state index contributed by atoms with van der Waals surface area (Å²) in [7, 11) is 0. The summed E-state index contributed by atoms with van der Waals surface area (Å²) in [5.41, 5.74) is -0.205. The van der Waals surface area contributed by atoms with Gasteiger partial charge in [-0.3, -0.25) is 9.59 Å². The van der Waals surface area contributed by atoms with E-state index in [1.54, 1.807) is 20.8 Å². The summed E-state index contributed by atoms with van der Waals surface area (Å²) in [6, 6.07) is 7.48. The van der Waals surface area contributed by atoms with Crippen molar-refractivity contribution in [2.75, 3.05) is 6.61 Å². The normalized spacial score (nSPS) is 11.1. The van der Waals surface area contributed by atoms with E-state index in [0.717, 1.165) is 10.0 Å². The molecule has 0 N–H and O–H groups in total. The average Bonchev–Trinajstić information content (AvgIpc) is 2.32. The lowest BCUT2D eigenvalue weighted by molar-refractivity contribution is -0.157. The molecule has 0 heterocycles. The van der Waals surface area contributed by atoms with Crippen LogP contribution in [0.2, 0.25) is 0 Å². The number of rotatable bonds is 5. The van der Waals surface area contributed by atoms with Crippen molar-refractivity contribution in [3.8, 4) is 0 Å². The number of halogens is 1. The van der Waals surface area contributed by atoms with Crippen molar-refractivity contribution in [1.82, 2.24) is 0 Å². The minimum Gasteiger partial charge on any atom is -0.465 e. The molecule has 0 aliphatic rings. The highest BCUT2D eigenvalue weighted by Gasteiger charge is 2.36. The fourth-order valence-electron chi connectivity index (χ4n) is 1.43. The van der Waals surface area contributed by atoms with E-state index in [4.69, 9.17) is 4.74 Å². The van der Waals surface area contributed by atoms with Gasteiger partial charge >= 0.3 is 5.97 Å². The third-order valence-corrected chi connectivity index (χ3v) is 3.29. The predicted octanol–water partition coefficient (Wildman–Crippen LogP) is 3.15. The van der Waals surface area contributed by atoms with Gasteiger partial charge in [0, 0.05) is 10.9 Å². The minimum absolute atomic E-state index is 0.136. The molecular formula is C14H17BrO3. The van der Waals surface area contributed by atoms with Crippen molar-refractivity contribution >= 4 is 27.7 Å². The van der Waals surface area contributed by atoms with Gasteiger partial charge in [-0.2, -0.15) is 0 Å². The second-order valence-corrected chi connectivity index (χ2v) is 5.49. The molecule has 3 nitrogen and oxygen atoms in total. The van der Waals surface area contributed by atoms with Gasteiger partial charge in [0.25, 0.3) is 0 Å². The van der Waals surface area contributed by atoms with Gasteiger partial charge < -0.3 is 4.74 Å². The molecule has 0 aliphatic carbocycles. The number of ether oxygens (including phenoxy) is 1. The number of benzene rings is 1. The monoisotopic (exact) mass is 312 g/mol. The van der Waals surface area contributed by atoms with Crippen LogP contribution in [-0.4, -0.2) is 18.4 Å². The lowest BCUT2D eigenvalue weighted by atomic mass is 9.85. The maximum atomic E-state index is 12.1. The van der Waals surface area contributed by atoms with Gasteiger partial charge in [-0.1, -0.05) is 28.1 Å². The van der Waals surface area contributed by atoms with Crippen molar-refractivity contribution in [3.05, 3.63) is 34.3 Å². The first-order valence-electron chi connectivity index (χ1n) is 5.83. The highest BCUT2D eigenvalue weighted by atomic mass is 79.9. The fraction of sp³-hybridized carbons (Fsp3) is 0.429. The Hall–Kier alpha value is -1.16. The number of carbonyl (C=O) groups excluding carboxylic acids is 2. The molecule has 0 unspecified atom stereocenters. The van der Waals surface area contributed by atoms with Crippen molar-refractivity contribution in [3.63, 3.8) is 0 Å². The number of carbonyl (C=O) groups is 2. The van der Waals surface area contributed by atoms with Crippen LogP contribution in [0.5, 0.6) is 0 Å². The van der Waals surface area contributed by atoms with Crippen molar-refractivity contribution in [2.45, 2.75) is 27.2 Å². The molecule has 0 amide bonds. The first kappa shape index (κ1) is 14.9. The number of esters is 1. The zero-order valence-electron chi connectivity index (χ0n) is 10.8. The zero-order chi connectivity index (χ0) is 13.8. The van der Waals surface area contributed by atoms with Crippen LogP contribution in [-0.2, 0) is 20.7 Å². The molecular weight excluding hydrogens is 296 g/mol. The van der Waals surface area contributed by atoms with E-state index in [1.807, 2.05) is 24.3 Å². The average molecular weight is 313 g/mol. The standard InChI is InChI=1S/C14H17BrO3/c1-4-18-13(17)14(2,3)12(16)9-10-5-7-11(15)8-6-10/h5-8H,4,9H2,1-3H3. The smallest absolute Gasteiger partial charge is 0.319 e. The zero-order valence-corrected chi connectivity index (χ0v) is 12.4. The molecule has 0 saturated carbocycles. The Bertz CT molecular complexity index is 435. The summed E-state index contributed by atoms with van der Waals surface area (Å²) >= 11 is 3.34. The van der Waals surface area contributed by atoms with Crippen LogP contribution in [0.4, 0.5) is 0 Å². The number of Topliss-reactive ketones (excluding diaryl/α,β-unsaturated/α-hetero) is 1. The van der Waals surface area contributed by atoms with E-state index in [-0.39, 0.29) is 18.8 Å². The third kappa shape index (κ3) is 3.67. The molecule has 0 bridgehead atoms. The van der Waals surface area contributed by atoms with Crippen LogP contribution >= 0.6 is 15.9 Å². The second-order valence-electron chi connectivity index (χ2n) is 4.57. The number of ketones is 1. The summed E-state index contributed by atoms with van der Waals surface area (Å²) in [4.78, 5) is 23.8. The van der Waals surface area contributed by atoms with Gasteiger partial charge in [0.05, 0.1) is 6.61 Å². The maximum absolute atomic E-state index is 12.1. The van der Waals surface area contributed by atoms with Crippen LogP contribution in [0, 0.1) is 5.41 Å². The fourth-order valence-corrected chi connectivity index (χ4v) is 1.70. The molecule has 98 valence electrons. The molecule has 0 saturated heterocycles. The Morgan fingerprint density at radius 1 is 1.22 bits per heavy atom. The largest absolute Gasteiger partial charge is 0.465 e. The summed E-state index contributed by atoms with van der Waals surface area (Å²) in [6.07, 6.45) is 0.235. The summed E-state index contributed by atoms with van der Waals surface area (Å²) in [5, 5.41) is 0. The predicted molar refractivity (Wildman–Crippen MR) is 73.3 cm³/mol. The van der Waals surface area contributed by atoms with E-state index in [9.17, 15) is 9.59 Å². The van der Waals surface area contributed by atoms with Gasteiger partial charge in [-0.25, -0.2) is 0 Å². The van der Waals surface area contributed by atoms with Crippen molar-refractivity contribution in [1.29, 1.82) is 0 Å². The molecule has 0 spiro atoms. The highest BCUT2D eigenvalue weighted by Crippen LogP contribution is 2.22. The number of hydrogen-bond acceptors (Lipinski definition) is 3. The Labute approximate surface area is 116 Å². The summed E-state index contributed by atoms with van der Waals surface area (Å²) in [6.45, 7) is 5.22. The lowest BCUT2D eigenvalue weighted by Gasteiger charge is -2.20. The van der Waals surface area contributed by atoms with Crippen LogP contribution in [0.15, 0.2) is 28.7 Å². The molecule has 0 radical (unpaired) electrons. The maximum Gasteiger partial charge on any atom is 0.319 e. The Morgan fingerprint density at radius 2 is 1.78 bits per heavy atom. The van der Waals surface area contributed by atoms with Gasteiger partial charge in [0.15, 0.2) is 5.78 Å². The van der Waals surface area contributed by atoms with Gasteiger partial charge in [0.2, 0.25) is 0 Å². The van der Waals surface area contributed by atoms with Crippen LogP contribution in [0.3, 0.4) is 0 Å². The van der Waals surface area contributed by atoms with E-state index in [2.05, 4.69) is 15.9 Å². The first-order valence-corrected chi connectivity index (χ1v) is 6.62. The topological polar surface area (TPSA) is 43.4 Å². The molecule has 0 aromatic heterocycles. The van der Waals surface area contributed by atoms with Crippen LogP contribution in [0.1, 0.15) is 26.3 Å². The Morgan fingerprint density at radius 3 is 2.28 bits per heavy atom. The van der Waals surface area contributed by atoms with Crippen LogP contribution < -0.4 is 0 Å². The highest BCUT2D eigenvalue weighted by molar-refractivity contribution is 9.10. The molecule has 1 aromatic rings. The molecule has 18 heavy (non-hydrogen) atoms. The van der Waals surface area contributed by atoms with Crippen molar-refractivity contribution in [2.24, 2.45) is 5.41 Å². The molecule has 0 aliphatic heterocycles. The molecule has 1 rings (SSSR count). The quantitative estimate of drug-likeness (QED) is 0.619. The molecule has 1 aromatic carbocycles. The van der Waals surface area contributed by atoms with Gasteiger partial charge in [-0.15, -0.1) is 0 Å². The summed E-state index contributed by atoms with van der Waals surface area (Å²) < 4.78 is 5.88.